The Balaban J connectivity index is 2.03. The fourth-order valence-electron chi connectivity index (χ4n) is 2.35. The lowest BCUT2D eigenvalue weighted by atomic mass is 10.00. The van der Waals surface area contributed by atoms with Crippen LogP contribution in [0.25, 0.3) is 0 Å². The highest BCUT2D eigenvalue weighted by molar-refractivity contribution is 9.10. The first-order chi connectivity index (χ1) is 8.61. The highest BCUT2D eigenvalue weighted by Crippen LogP contribution is 2.24. The Labute approximate surface area is 116 Å². The summed E-state index contributed by atoms with van der Waals surface area (Å²) in [5.74, 6) is 0.301. The number of amides is 1. The molecule has 98 valence electrons. The van der Waals surface area contributed by atoms with Crippen LogP contribution < -0.4 is 0 Å². The summed E-state index contributed by atoms with van der Waals surface area (Å²) in [6.07, 6.45) is 0.912. The van der Waals surface area contributed by atoms with Crippen LogP contribution in [0.3, 0.4) is 0 Å². The second-order valence-corrected chi connectivity index (χ2v) is 5.81. The van der Waals surface area contributed by atoms with Gasteiger partial charge in [0, 0.05) is 30.1 Å². The zero-order valence-electron chi connectivity index (χ0n) is 10.5. The van der Waals surface area contributed by atoms with E-state index < -0.39 is 0 Å². The lowest BCUT2D eigenvalue weighted by Crippen LogP contribution is -2.32. The van der Waals surface area contributed by atoms with Crippen LogP contribution in [0.2, 0.25) is 0 Å². The number of nitrogens with zero attached hydrogens (tertiary/aromatic N) is 1. The minimum absolute atomic E-state index is 0.115. The number of aliphatic hydroxyl groups is 1. The number of hydrogen-bond donors (Lipinski definition) is 1. The first-order valence-electron chi connectivity index (χ1n) is 6.27. The Morgan fingerprint density at radius 3 is 2.72 bits per heavy atom. The molecule has 2 atom stereocenters. The summed E-state index contributed by atoms with van der Waals surface area (Å²) >= 11 is 3.39. The number of carbonyl (C=O) groups excluding carboxylic acids is 1. The highest BCUT2D eigenvalue weighted by atomic mass is 79.9. The van der Waals surface area contributed by atoms with E-state index in [1.165, 1.54) is 0 Å². The molecule has 3 nitrogen and oxygen atoms in total. The van der Waals surface area contributed by atoms with Crippen molar-refractivity contribution in [2.75, 3.05) is 19.7 Å². The molecule has 2 unspecified atom stereocenters. The molecule has 1 aromatic rings. The highest BCUT2D eigenvalue weighted by Gasteiger charge is 2.29. The van der Waals surface area contributed by atoms with Crippen molar-refractivity contribution in [2.45, 2.75) is 19.3 Å². The van der Waals surface area contributed by atoms with Crippen LogP contribution in [0.5, 0.6) is 0 Å². The number of rotatable bonds is 3. The van der Waals surface area contributed by atoms with E-state index >= 15 is 0 Å². The lowest BCUT2D eigenvalue weighted by molar-refractivity contribution is -0.131. The van der Waals surface area contributed by atoms with Gasteiger partial charge in [-0.25, -0.2) is 0 Å². The molecule has 0 radical (unpaired) electrons. The zero-order chi connectivity index (χ0) is 13.1. The zero-order valence-corrected chi connectivity index (χ0v) is 12.1. The Kier molecular flexibility index (Phi) is 4.40. The number of likely N-dealkylation sites (tertiary alicyclic amines) is 1. The van der Waals surface area contributed by atoms with Gasteiger partial charge in [0.1, 0.15) is 0 Å². The van der Waals surface area contributed by atoms with E-state index in [1.54, 1.807) is 0 Å². The van der Waals surface area contributed by atoms with Gasteiger partial charge in [0.15, 0.2) is 0 Å². The standard InChI is InChI=1S/C14H18BrNO2/c1-10(12-2-4-13(15)5-3-12)14(18)16-7-6-11(8-16)9-17/h2-5,10-11,17H,6-9H2,1H3. The molecule has 1 aromatic carbocycles. The topological polar surface area (TPSA) is 40.5 Å². The predicted molar refractivity (Wildman–Crippen MR) is 74.3 cm³/mol. The first kappa shape index (κ1) is 13.6. The van der Waals surface area contributed by atoms with E-state index in [9.17, 15) is 4.79 Å². The van der Waals surface area contributed by atoms with Crippen molar-refractivity contribution in [2.24, 2.45) is 5.92 Å². The molecular weight excluding hydrogens is 294 g/mol. The van der Waals surface area contributed by atoms with E-state index in [2.05, 4.69) is 15.9 Å². The van der Waals surface area contributed by atoms with Crippen molar-refractivity contribution in [1.82, 2.24) is 4.90 Å². The summed E-state index contributed by atoms with van der Waals surface area (Å²) in [5, 5.41) is 9.11. The lowest BCUT2D eigenvalue weighted by Gasteiger charge is -2.21. The number of halogens is 1. The summed E-state index contributed by atoms with van der Waals surface area (Å²) in [6, 6.07) is 7.87. The van der Waals surface area contributed by atoms with Gasteiger partial charge in [0.05, 0.1) is 5.92 Å². The molecule has 1 aliphatic rings. The van der Waals surface area contributed by atoms with Gasteiger partial charge < -0.3 is 10.0 Å². The summed E-state index contributed by atoms with van der Waals surface area (Å²) in [6.45, 7) is 3.58. The van der Waals surface area contributed by atoms with Gasteiger partial charge in [-0.1, -0.05) is 28.1 Å². The number of carbonyl (C=O) groups is 1. The summed E-state index contributed by atoms with van der Waals surface area (Å²) in [5.41, 5.74) is 1.04. The molecule has 18 heavy (non-hydrogen) atoms. The van der Waals surface area contributed by atoms with Crippen LogP contribution in [0.4, 0.5) is 0 Å². The van der Waals surface area contributed by atoms with Crippen LogP contribution in [0.15, 0.2) is 28.7 Å². The van der Waals surface area contributed by atoms with Crippen molar-refractivity contribution < 1.29 is 9.90 Å². The largest absolute Gasteiger partial charge is 0.396 e. The molecule has 0 bridgehead atoms. The Hall–Kier alpha value is -0.870. The molecule has 1 amide bonds. The molecule has 0 saturated carbocycles. The number of hydrogen-bond acceptors (Lipinski definition) is 2. The summed E-state index contributed by atoms with van der Waals surface area (Å²) < 4.78 is 1.02. The molecule has 0 aromatic heterocycles. The molecule has 1 saturated heterocycles. The van der Waals surface area contributed by atoms with E-state index in [1.807, 2.05) is 36.1 Å². The normalized spacial score (nSPS) is 21.1. The number of benzene rings is 1. The third-order valence-electron chi connectivity index (χ3n) is 3.60. The van der Waals surface area contributed by atoms with Crippen molar-refractivity contribution in [3.8, 4) is 0 Å². The first-order valence-corrected chi connectivity index (χ1v) is 7.06. The van der Waals surface area contributed by atoms with Crippen molar-refractivity contribution in [3.63, 3.8) is 0 Å². The van der Waals surface area contributed by atoms with Crippen LogP contribution in [-0.4, -0.2) is 35.6 Å². The summed E-state index contributed by atoms with van der Waals surface area (Å²) in [7, 11) is 0. The average molecular weight is 312 g/mol. The van der Waals surface area contributed by atoms with Gasteiger partial charge >= 0.3 is 0 Å². The summed E-state index contributed by atoms with van der Waals surface area (Å²) in [4.78, 5) is 14.2. The minimum Gasteiger partial charge on any atom is -0.396 e. The molecule has 2 rings (SSSR count). The third-order valence-corrected chi connectivity index (χ3v) is 4.12. The SMILES string of the molecule is CC(C(=O)N1CCC(CO)C1)c1ccc(Br)cc1. The maximum atomic E-state index is 12.3. The van der Waals surface area contributed by atoms with E-state index in [0.717, 1.165) is 23.0 Å². The van der Waals surface area contributed by atoms with Crippen molar-refractivity contribution >= 4 is 21.8 Å². The monoisotopic (exact) mass is 311 g/mol. The molecule has 1 heterocycles. The van der Waals surface area contributed by atoms with Crippen LogP contribution in [0.1, 0.15) is 24.8 Å². The van der Waals surface area contributed by atoms with Crippen LogP contribution >= 0.6 is 15.9 Å². The van der Waals surface area contributed by atoms with E-state index in [-0.39, 0.29) is 24.3 Å². The molecular formula is C14H18BrNO2. The van der Waals surface area contributed by atoms with Gasteiger partial charge in [0.2, 0.25) is 5.91 Å². The predicted octanol–water partition coefficient (Wildman–Crippen LogP) is 2.39. The molecule has 1 fully saturated rings. The Morgan fingerprint density at radius 2 is 2.17 bits per heavy atom. The molecule has 4 heteroatoms. The van der Waals surface area contributed by atoms with E-state index in [0.29, 0.717) is 6.54 Å². The van der Waals surface area contributed by atoms with Crippen molar-refractivity contribution in [3.05, 3.63) is 34.3 Å². The second kappa shape index (κ2) is 5.85. The number of aliphatic hydroxyl groups excluding tert-OH is 1. The molecule has 1 N–H and O–H groups in total. The fourth-order valence-corrected chi connectivity index (χ4v) is 2.61. The van der Waals surface area contributed by atoms with Crippen LogP contribution in [-0.2, 0) is 4.79 Å². The quantitative estimate of drug-likeness (QED) is 0.931. The maximum absolute atomic E-state index is 12.3. The fraction of sp³-hybridized carbons (Fsp3) is 0.500. The maximum Gasteiger partial charge on any atom is 0.229 e. The van der Waals surface area contributed by atoms with Gasteiger partial charge in [0.25, 0.3) is 0 Å². The van der Waals surface area contributed by atoms with Crippen molar-refractivity contribution in [1.29, 1.82) is 0 Å². The van der Waals surface area contributed by atoms with Gasteiger partial charge in [-0.3, -0.25) is 4.79 Å². The minimum atomic E-state index is -0.115. The smallest absolute Gasteiger partial charge is 0.229 e. The molecule has 0 spiro atoms. The van der Waals surface area contributed by atoms with Crippen LogP contribution in [0, 0.1) is 5.92 Å². The molecule has 0 aliphatic carbocycles. The average Bonchev–Trinajstić information content (AvgIpc) is 2.86. The third kappa shape index (κ3) is 2.93. The van der Waals surface area contributed by atoms with Gasteiger partial charge in [-0.15, -0.1) is 0 Å². The molecule has 1 aliphatic heterocycles. The van der Waals surface area contributed by atoms with Gasteiger partial charge in [-0.05, 0) is 31.0 Å². The van der Waals surface area contributed by atoms with E-state index in [4.69, 9.17) is 5.11 Å². The Morgan fingerprint density at radius 1 is 1.50 bits per heavy atom. The second-order valence-electron chi connectivity index (χ2n) is 4.89. The Bertz CT molecular complexity index is 418. The van der Waals surface area contributed by atoms with Gasteiger partial charge in [-0.2, -0.15) is 0 Å².